The number of anilines is 2. The van der Waals surface area contributed by atoms with E-state index in [-0.39, 0.29) is 11.9 Å². The molecule has 0 spiro atoms. The lowest BCUT2D eigenvalue weighted by atomic mass is 10.1. The van der Waals surface area contributed by atoms with E-state index in [1.54, 1.807) is 28.4 Å². The number of amides is 3. The van der Waals surface area contributed by atoms with E-state index in [4.69, 9.17) is 4.42 Å². The highest BCUT2D eigenvalue weighted by molar-refractivity contribution is 7.09. The van der Waals surface area contributed by atoms with E-state index < -0.39 is 0 Å². The van der Waals surface area contributed by atoms with Crippen molar-refractivity contribution in [3.8, 4) is 0 Å². The molecule has 0 saturated heterocycles. The zero-order valence-electron chi connectivity index (χ0n) is 13.9. The Hall–Kier alpha value is -3.06. The van der Waals surface area contributed by atoms with E-state index in [1.165, 1.54) is 6.26 Å². The lowest BCUT2D eigenvalue weighted by Gasteiger charge is -2.17. The monoisotopic (exact) mass is 367 g/mol. The molecule has 26 heavy (non-hydrogen) atoms. The smallest absolute Gasteiger partial charge is 0.319 e. The first-order valence-electron chi connectivity index (χ1n) is 8.26. The van der Waals surface area contributed by atoms with Crippen molar-refractivity contribution in [2.45, 2.75) is 13.0 Å². The molecule has 0 aliphatic carbocycles. The average molecular weight is 367 g/mol. The van der Waals surface area contributed by atoms with E-state index in [1.807, 2.05) is 35.7 Å². The maximum atomic E-state index is 12.6. The Morgan fingerprint density at radius 3 is 2.88 bits per heavy atom. The number of benzene rings is 1. The highest BCUT2D eigenvalue weighted by Crippen LogP contribution is 2.32. The van der Waals surface area contributed by atoms with Gasteiger partial charge < -0.3 is 20.0 Å². The molecule has 1 aliphatic heterocycles. The summed E-state index contributed by atoms with van der Waals surface area (Å²) < 4.78 is 5.21. The number of nitrogens with one attached hydrogen (secondary N) is 2. The van der Waals surface area contributed by atoms with Gasteiger partial charge in [-0.1, -0.05) is 12.1 Å². The van der Waals surface area contributed by atoms with Gasteiger partial charge in [0.15, 0.2) is 5.76 Å². The molecular weight excluding hydrogens is 350 g/mol. The summed E-state index contributed by atoms with van der Waals surface area (Å²) in [6.07, 6.45) is 2.27. The zero-order chi connectivity index (χ0) is 17.9. The van der Waals surface area contributed by atoms with Crippen LogP contribution in [0.5, 0.6) is 0 Å². The molecule has 1 aromatic carbocycles. The highest BCUT2D eigenvalue weighted by atomic mass is 32.1. The van der Waals surface area contributed by atoms with Crippen LogP contribution in [-0.4, -0.2) is 18.5 Å². The van der Waals surface area contributed by atoms with Crippen LogP contribution in [0.1, 0.15) is 21.0 Å². The number of thiophene rings is 1. The van der Waals surface area contributed by atoms with Gasteiger partial charge in [0.1, 0.15) is 0 Å². The second-order valence-electron chi connectivity index (χ2n) is 5.91. The maximum absolute atomic E-state index is 12.6. The maximum Gasteiger partial charge on any atom is 0.319 e. The molecule has 1 aliphatic rings. The van der Waals surface area contributed by atoms with E-state index in [9.17, 15) is 9.59 Å². The number of rotatable bonds is 4. The number of carbonyl (C=O) groups excluding carboxylic acids is 2. The van der Waals surface area contributed by atoms with Gasteiger partial charge in [-0.05, 0) is 47.7 Å². The normalized spacial score (nSPS) is 12.7. The first kappa shape index (κ1) is 16.4. The number of nitrogens with zero attached hydrogens (tertiary/aromatic N) is 1. The molecule has 2 N–H and O–H groups in total. The summed E-state index contributed by atoms with van der Waals surface area (Å²) in [7, 11) is 0. The molecular formula is C19H17N3O3S. The molecule has 0 bridgehead atoms. The standard InChI is InChI=1S/C19H17N3O3S/c23-18(17-4-1-9-25-17)22-8-7-13-5-6-14(11-16(13)22)21-19(24)20-12-15-3-2-10-26-15/h1-6,9-11H,7-8,12H2,(H2,20,21,24). The quantitative estimate of drug-likeness (QED) is 0.735. The van der Waals surface area contributed by atoms with Gasteiger partial charge in [-0.25, -0.2) is 4.79 Å². The molecule has 132 valence electrons. The second kappa shape index (κ2) is 7.05. The Morgan fingerprint density at radius 2 is 2.12 bits per heavy atom. The fourth-order valence-electron chi connectivity index (χ4n) is 2.96. The summed E-state index contributed by atoms with van der Waals surface area (Å²) in [6, 6.07) is 12.6. The van der Waals surface area contributed by atoms with Crippen molar-refractivity contribution in [2.75, 3.05) is 16.8 Å². The first-order chi connectivity index (χ1) is 12.7. The Kier molecular flexibility index (Phi) is 4.45. The molecule has 0 saturated carbocycles. The van der Waals surface area contributed by atoms with Gasteiger partial charge in [0.05, 0.1) is 12.8 Å². The Bertz CT molecular complexity index is 920. The van der Waals surface area contributed by atoms with Crippen molar-refractivity contribution in [2.24, 2.45) is 0 Å². The Balaban J connectivity index is 1.45. The van der Waals surface area contributed by atoms with Crippen LogP contribution in [0.15, 0.2) is 58.5 Å². The Morgan fingerprint density at radius 1 is 1.19 bits per heavy atom. The van der Waals surface area contributed by atoms with Crippen molar-refractivity contribution in [1.82, 2.24) is 5.32 Å². The van der Waals surface area contributed by atoms with Gasteiger partial charge in [0, 0.05) is 22.8 Å². The molecule has 0 fully saturated rings. The molecule has 2 aromatic heterocycles. The van der Waals surface area contributed by atoms with Crippen LogP contribution in [-0.2, 0) is 13.0 Å². The third kappa shape index (κ3) is 3.34. The number of hydrogen-bond donors (Lipinski definition) is 2. The van der Waals surface area contributed by atoms with Crippen molar-refractivity contribution >= 4 is 34.6 Å². The lowest BCUT2D eigenvalue weighted by Crippen LogP contribution is -2.29. The summed E-state index contributed by atoms with van der Waals surface area (Å²) >= 11 is 1.59. The molecule has 6 nitrogen and oxygen atoms in total. The Labute approximate surface area is 154 Å². The number of urea groups is 1. The van der Waals surface area contributed by atoms with Crippen LogP contribution < -0.4 is 15.5 Å². The minimum absolute atomic E-state index is 0.173. The second-order valence-corrected chi connectivity index (χ2v) is 6.95. The van der Waals surface area contributed by atoms with Crippen LogP contribution >= 0.6 is 11.3 Å². The predicted octanol–water partition coefficient (Wildman–Crippen LogP) is 3.87. The van der Waals surface area contributed by atoms with Gasteiger partial charge in [0.25, 0.3) is 5.91 Å². The van der Waals surface area contributed by atoms with Gasteiger partial charge in [-0.2, -0.15) is 0 Å². The molecule has 0 radical (unpaired) electrons. The molecule has 3 amide bonds. The van der Waals surface area contributed by atoms with Crippen molar-refractivity contribution in [3.63, 3.8) is 0 Å². The van der Waals surface area contributed by atoms with E-state index in [2.05, 4.69) is 10.6 Å². The van der Waals surface area contributed by atoms with Crippen LogP contribution in [0.4, 0.5) is 16.2 Å². The topological polar surface area (TPSA) is 74.6 Å². The van der Waals surface area contributed by atoms with E-state index in [0.717, 1.165) is 22.5 Å². The van der Waals surface area contributed by atoms with Crippen LogP contribution in [0.3, 0.4) is 0 Å². The SMILES string of the molecule is O=C(NCc1cccs1)Nc1ccc2c(c1)N(C(=O)c1ccco1)CC2. The highest BCUT2D eigenvalue weighted by Gasteiger charge is 2.27. The zero-order valence-corrected chi connectivity index (χ0v) is 14.7. The fraction of sp³-hybridized carbons (Fsp3) is 0.158. The summed E-state index contributed by atoms with van der Waals surface area (Å²) in [5, 5.41) is 7.62. The van der Waals surface area contributed by atoms with Gasteiger partial charge in [-0.3, -0.25) is 4.79 Å². The third-order valence-corrected chi connectivity index (χ3v) is 5.10. The summed E-state index contributed by atoms with van der Waals surface area (Å²) in [5.41, 5.74) is 2.53. The minimum atomic E-state index is -0.278. The average Bonchev–Trinajstić information content (AvgIpc) is 3.40. The number of carbonyl (C=O) groups is 2. The molecule has 7 heteroatoms. The number of hydrogen-bond acceptors (Lipinski definition) is 4. The van der Waals surface area contributed by atoms with E-state index in [0.29, 0.717) is 24.5 Å². The summed E-state index contributed by atoms with van der Waals surface area (Å²) in [5.74, 6) is 0.137. The largest absolute Gasteiger partial charge is 0.459 e. The minimum Gasteiger partial charge on any atom is -0.459 e. The van der Waals surface area contributed by atoms with Gasteiger partial charge in [0.2, 0.25) is 0 Å². The van der Waals surface area contributed by atoms with Crippen LogP contribution in [0.25, 0.3) is 0 Å². The van der Waals surface area contributed by atoms with Gasteiger partial charge in [-0.15, -0.1) is 11.3 Å². The fourth-order valence-corrected chi connectivity index (χ4v) is 3.60. The van der Waals surface area contributed by atoms with Crippen molar-refractivity contribution in [3.05, 3.63) is 70.3 Å². The van der Waals surface area contributed by atoms with Crippen molar-refractivity contribution in [1.29, 1.82) is 0 Å². The van der Waals surface area contributed by atoms with E-state index >= 15 is 0 Å². The van der Waals surface area contributed by atoms with Gasteiger partial charge >= 0.3 is 6.03 Å². The third-order valence-electron chi connectivity index (χ3n) is 4.22. The molecule has 3 aromatic rings. The summed E-state index contributed by atoms with van der Waals surface area (Å²) in [4.78, 5) is 27.4. The summed E-state index contributed by atoms with van der Waals surface area (Å²) in [6.45, 7) is 1.08. The van der Waals surface area contributed by atoms with Crippen LogP contribution in [0.2, 0.25) is 0 Å². The van der Waals surface area contributed by atoms with Crippen LogP contribution in [0, 0.1) is 0 Å². The lowest BCUT2D eigenvalue weighted by molar-refractivity contribution is 0.0963. The first-order valence-corrected chi connectivity index (χ1v) is 9.14. The molecule has 3 heterocycles. The van der Waals surface area contributed by atoms with Crippen molar-refractivity contribution < 1.29 is 14.0 Å². The molecule has 4 rings (SSSR count). The predicted molar refractivity (Wildman–Crippen MR) is 101 cm³/mol. The number of furan rings is 1. The molecule has 0 atom stereocenters. The molecule has 0 unspecified atom stereocenters. The number of fused-ring (bicyclic) bond motifs is 1.